The monoisotopic (exact) mass is 405 g/mol. The Morgan fingerprint density at radius 2 is 2.26 bits per heavy atom. The van der Waals surface area contributed by atoms with E-state index in [4.69, 9.17) is 9.47 Å². The number of ether oxygens (including phenoxy) is 2. The van der Waals surface area contributed by atoms with E-state index in [9.17, 15) is 13.2 Å². The fraction of sp³-hybridized carbons (Fsp3) is 0.533. The van der Waals surface area contributed by atoms with Crippen LogP contribution in [-0.4, -0.2) is 39.7 Å². The zero-order valence-corrected chi connectivity index (χ0v) is 15.4. The van der Waals surface area contributed by atoms with Crippen LogP contribution < -0.4 is 4.72 Å². The molecule has 8 heteroatoms. The lowest BCUT2D eigenvalue weighted by Crippen LogP contribution is -2.39. The van der Waals surface area contributed by atoms with E-state index in [1.807, 2.05) is 0 Å². The number of sulfonamides is 1. The van der Waals surface area contributed by atoms with Crippen LogP contribution >= 0.6 is 15.9 Å². The highest BCUT2D eigenvalue weighted by Crippen LogP contribution is 2.20. The summed E-state index contributed by atoms with van der Waals surface area (Å²) in [7, 11) is -3.94. The molecule has 0 unspecified atom stereocenters. The number of rotatable bonds is 6. The van der Waals surface area contributed by atoms with Crippen LogP contribution in [0.25, 0.3) is 0 Å². The fourth-order valence-electron chi connectivity index (χ4n) is 2.24. The number of carbonyl (C=O) groups is 1. The molecule has 0 aliphatic carbocycles. The molecule has 0 saturated carbocycles. The van der Waals surface area contributed by atoms with E-state index in [2.05, 4.69) is 20.7 Å². The zero-order valence-electron chi connectivity index (χ0n) is 13.0. The van der Waals surface area contributed by atoms with Gasteiger partial charge in [-0.2, -0.15) is 0 Å². The summed E-state index contributed by atoms with van der Waals surface area (Å²) in [6.07, 6.45) is 0.977. The number of hydrogen-bond donors (Lipinski definition) is 1. The van der Waals surface area contributed by atoms with E-state index in [1.165, 1.54) is 13.0 Å². The van der Waals surface area contributed by atoms with E-state index < -0.39 is 22.0 Å². The number of hydrogen-bond acceptors (Lipinski definition) is 5. The molecule has 0 bridgehead atoms. The normalized spacial score (nSPS) is 19.5. The van der Waals surface area contributed by atoms with Crippen LogP contribution in [0.15, 0.2) is 27.6 Å². The van der Waals surface area contributed by atoms with Gasteiger partial charge in [0.25, 0.3) is 15.9 Å². The fourth-order valence-corrected chi connectivity index (χ4v) is 4.06. The van der Waals surface area contributed by atoms with Crippen molar-refractivity contribution in [2.45, 2.75) is 43.8 Å². The Morgan fingerprint density at radius 3 is 2.91 bits per heavy atom. The van der Waals surface area contributed by atoms with Gasteiger partial charge in [0.05, 0.1) is 17.6 Å². The summed E-state index contributed by atoms with van der Waals surface area (Å²) in [5.41, 5.74) is 0.557. The summed E-state index contributed by atoms with van der Waals surface area (Å²) in [5, 5.41) is 0. The summed E-state index contributed by atoms with van der Waals surface area (Å²) in [4.78, 5) is 12.1. The van der Waals surface area contributed by atoms with Crippen molar-refractivity contribution in [2.75, 3.05) is 13.2 Å². The van der Waals surface area contributed by atoms with E-state index in [1.54, 1.807) is 19.1 Å². The maximum Gasteiger partial charge on any atom is 0.264 e. The first kappa shape index (κ1) is 18.4. The lowest BCUT2D eigenvalue weighted by atomic mass is 10.2. The molecule has 1 N–H and O–H groups in total. The van der Waals surface area contributed by atoms with Crippen LogP contribution in [0.1, 0.15) is 25.3 Å². The van der Waals surface area contributed by atoms with Crippen molar-refractivity contribution < 1.29 is 22.7 Å². The standard InChI is InChI=1S/C15H20BrNO5S/c1-10-5-6-12(16)8-14(10)23(19,20)17-15(18)11(2)22-9-13-4-3-7-21-13/h5-6,8,11,13H,3-4,7,9H2,1-2H3,(H,17,18)/t11-,13+/m1/s1. The second kappa shape index (κ2) is 7.74. The Bertz CT molecular complexity index is 670. The highest BCUT2D eigenvalue weighted by atomic mass is 79.9. The van der Waals surface area contributed by atoms with Gasteiger partial charge < -0.3 is 9.47 Å². The van der Waals surface area contributed by atoms with E-state index in [-0.39, 0.29) is 17.6 Å². The third kappa shape index (κ3) is 5.00. The zero-order chi connectivity index (χ0) is 17.0. The van der Waals surface area contributed by atoms with Crippen LogP contribution in [0.2, 0.25) is 0 Å². The number of nitrogens with one attached hydrogen (secondary N) is 1. The molecule has 1 aliphatic rings. The molecular weight excluding hydrogens is 386 g/mol. The molecule has 2 rings (SSSR count). The van der Waals surface area contributed by atoms with Gasteiger partial charge in [-0.05, 0) is 44.4 Å². The first-order valence-electron chi connectivity index (χ1n) is 7.35. The molecular formula is C15H20BrNO5S. The first-order valence-corrected chi connectivity index (χ1v) is 9.63. The first-order chi connectivity index (χ1) is 10.8. The average Bonchev–Trinajstić information content (AvgIpc) is 3.00. The van der Waals surface area contributed by atoms with Gasteiger partial charge in [0.15, 0.2) is 0 Å². The number of benzene rings is 1. The molecule has 1 aromatic rings. The number of aryl methyl sites for hydroxylation is 1. The number of halogens is 1. The van der Waals surface area contributed by atoms with Gasteiger partial charge in [-0.15, -0.1) is 0 Å². The number of amides is 1. The maximum absolute atomic E-state index is 12.3. The van der Waals surface area contributed by atoms with Crippen molar-refractivity contribution in [3.8, 4) is 0 Å². The minimum absolute atomic E-state index is 0.0193. The molecule has 23 heavy (non-hydrogen) atoms. The smallest absolute Gasteiger partial charge is 0.264 e. The Hall–Kier alpha value is -0.960. The molecule has 0 spiro atoms. The molecule has 1 saturated heterocycles. The Morgan fingerprint density at radius 1 is 1.52 bits per heavy atom. The molecule has 1 heterocycles. The van der Waals surface area contributed by atoms with Crippen molar-refractivity contribution in [3.63, 3.8) is 0 Å². The third-order valence-corrected chi connectivity index (χ3v) is 5.58. The van der Waals surface area contributed by atoms with Gasteiger partial charge in [0.2, 0.25) is 0 Å². The molecule has 1 amide bonds. The Kier molecular flexibility index (Phi) is 6.19. The van der Waals surface area contributed by atoms with Crippen LogP contribution in [0.5, 0.6) is 0 Å². The predicted molar refractivity (Wildman–Crippen MR) is 88.6 cm³/mol. The number of carbonyl (C=O) groups excluding carboxylic acids is 1. The second-order valence-corrected chi connectivity index (χ2v) is 8.06. The molecule has 1 fully saturated rings. The van der Waals surface area contributed by atoms with Crippen LogP contribution in [0.3, 0.4) is 0 Å². The van der Waals surface area contributed by atoms with Gasteiger partial charge in [-0.3, -0.25) is 4.79 Å². The van der Waals surface area contributed by atoms with Gasteiger partial charge in [-0.1, -0.05) is 22.0 Å². The quantitative estimate of drug-likeness (QED) is 0.783. The van der Waals surface area contributed by atoms with E-state index in [0.717, 1.165) is 12.8 Å². The van der Waals surface area contributed by atoms with E-state index in [0.29, 0.717) is 16.6 Å². The summed E-state index contributed by atoms with van der Waals surface area (Å²) in [6, 6.07) is 4.87. The topological polar surface area (TPSA) is 81.7 Å². The molecule has 1 aromatic carbocycles. The van der Waals surface area contributed by atoms with Gasteiger partial charge in [0, 0.05) is 11.1 Å². The Labute approximate surface area is 144 Å². The molecule has 1 aliphatic heterocycles. The van der Waals surface area contributed by atoms with Crippen molar-refractivity contribution in [1.29, 1.82) is 0 Å². The van der Waals surface area contributed by atoms with Crippen LogP contribution in [0, 0.1) is 6.92 Å². The van der Waals surface area contributed by atoms with Crippen molar-refractivity contribution >= 4 is 31.9 Å². The SMILES string of the molecule is Cc1ccc(Br)cc1S(=O)(=O)NC(=O)[C@@H](C)OC[C@@H]1CCCO1. The lowest BCUT2D eigenvalue weighted by Gasteiger charge is -2.16. The highest BCUT2D eigenvalue weighted by Gasteiger charge is 2.25. The molecule has 0 aromatic heterocycles. The minimum atomic E-state index is -3.94. The highest BCUT2D eigenvalue weighted by molar-refractivity contribution is 9.10. The van der Waals surface area contributed by atoms with Gasteiger partial charge in [0.1, 0.15) is 6.10 Å². The van der Waals surface area contributed by atoms with Gasteiger partial charge >= 0.3 is 0 Å². The lowest BCUT2D eigenvalue weighted by molar-refractivity contribution is -0.131. The predicted octanol–water partition coefficient (Wildman–Crippen LogP) is 2.15. The molecule has 0 radical (unpaired) electrons. The maximum atomic E-state index is 12.3. The minimum Gasteiger partial charge on any atom is -0.376 e. The summed E-state index contributed by atoms with van der Waals surface area (Å²) >= 11 is 3.23. The second-order valence-electron chi connectivity index (χ2n) is 5.49. The molecule has 2 atom stereocenters. The van der Waals surface area contributed by atoms with Crippen molar-refractivity contribution in [1.82, 2.24) is 4.72 Å². The van der Waals surface area contributed by atoms with Crippen LogP contribution in [-0.2, 0) is 24.3 Å². The summed E-state index contributed by atoms with van der Waals surface area (Å²) in [5.74, 6) is -0.692. The largest absolute Gasteiger partial charge is 0.376 e. The summed E-state index contributed by atoms with van der Waals surface area (Å²) < 4.78 is 38.2. The van der Waals surface area contributed by atoms with Crippen molar-refractivity contribution in [3.05, 3.63) is 28.2 Å². The average molecular weight is 406 g/mol. The molecule has 128 valence electrons. The third-order valence-electron chi connectivity index (χ3n) is 3.60. The molecule has 6 nitrogen and oxygen atoms in total. The van der Waals surface area contributed by atoms with E-state index >= 15 is 0 Å². The Balaban J connectivity index is 1.98. The summed E-state index contributed by atoms with van der Waals surface area (Å²) in [6.45, 7) is 4.17. The van der Waals surface area contributed by atoms with Gasteiger partial charge in [-0.25, -0.2) is 13.1 Å². The van der Waals surface area contributed by atoms with Crippen LogP contribution in [0.4, 0.5) is 0 Å². The van der Waals surface area contributed by atoms with Crippen molar-refractivity contribution in [2.24, 2.45) is 0 Å².